The normalized spacial score (nSPS) is 19.2. The third-order valence-electron chi connectivity index (χ3n) is 8.06. The van der Waals surface area contributed by atoms with Crippen LogP contribution in [0.4, 0.5) is 0 Å². The number of amides is 1. The standard InChI is InChI=1S/C36H36N2O8S/c1-22-30(21-47-34-29(35(43)44)7-4-18-37-34)45-36(46-33(22)25-10-8-23(20-39)9-11-25)26-14-12-24(13-15-26)28-6-3-2-5-27(28)19-38-31(40)16-17-32(41)42/h2-15,18,22,30,33,36,39H,16-17,19-21H2,1H3,(H,38,40)(H,41,42)(H,43,44). The van der Waals surface area contributed by atoms with Crippen LogP contribution >= 0.6 is 11.8 Å². The number of pyridine rings is 1. The first-order valence-electron chi connectivity index (χ1n) is 15.2. The number of thioether (sulfide) groups is 1. The molecule has 2 heterocycles. The van der Waals surface area contributed by atoms with Crippen molar-refractivity contribution in [2.24, 2.45) is 5.92 Å². The van der Waals surface area contributed by atoms with Gasteiger partial charge in [0.1, 0.15) is 5.03 Å². The summed E-state index contributed by atoms with van der Waals surface area (Å²) in [5.41, 5.74) is 5.42. The molecule has 11 heteroatoms. The Balaban J connectivity index is 1.36. The molecule has 1 amide bonds. The van der Waals surface area contributed by atoms with Crippen LogP contribution in [0.5, 0.6) is 0 Å². The van der Waals surface area contributed by atoms with E-state index in [9.17, 15) is 24.6 Å². The van der Waals surface area contributed by atoms with Gasteiger partial charge in [-0.25, -0.2) is 9.78 Å². The number of carboxylic acids is 2. The molecule has 5 rings (SSSR count). The Morgan fingerprint density at radius 1 is 0.872 bits per heavy atom. The highest BCUT2D eigenvalue weighted by molar-refractivity contribution is 7.99. The molecular weight excluding hydrogens is 620 g/mol. The molecule has 4 atom stereocenters. The fourth-order valence-electron chi connectivity index (χ4n) is 5.42. The van der Waals surface area contributed by atoms with Gasteiger partial charge in [-0.3, -0.25) is 9.59 Å². The van der Waals surface area contributed by atoms with E-state index in [1.54, 1.807) is 12.3 Å². The minimum Gasteiger partial charge on any atom is -0.481 e. The molecule has 4 unspecified atom stereocenters. The fourth-order valence-corrected chi connectivity index (χ4v) is 6.57. The number of aromatic nitrogens is 1. The summed E-state index contributed by atoms with van der Waals surface area (Å²) < 4.78 is 13.1. The summed E-state index contributed by atoms with van der Waals surface area (Å²) in [6.07, 6.45) is -0.0830. The van der Waals surface area contributed by atoms with Gasteiger partial charge in [0.15, 0.2) is 6.29 Å². The molecule has 0 aliphatic carbocycles. The van der Waals surface area contributed by atoms with E-state index in [0.717, 1.165) is 33.4 Å². The van der Waals surface area contributed by atoms with Crippen molar-refractivity contribution in [3.8, 4) is 11.1 Å². The second kappa shape index (κ2) is 15.8. The Hall–Kier alpha value is -4.55. The maximum absolute atomic E-state index is 12.1. The zero-order valence-electron chi connectivity index (χ0n) is 25.7. The van der Waals surface area contributed by atoms with Gasteiger partial charge in [0.2, 0.25) is 5.91 Å². The van der Waals surface area contributed by atoms with Gasteiger partial charge in [-0.1, -0.05) is 79.7 Å². The van der Waals surface area contributed by atoms with E-state index in [0.29, 0.717) is 10.8 Å². The lowest BCUT2D eigenvalue weighted by atomic mass is 9.91. The second-order valence-electron chi connectivity index (χ2n) is 11.2. The van der Waals surface area contributed by atoms with Crippen LogP contribution < -0.4 is 5.32 Å². The van der Waals surface area contributed by atoms with E-state index in [2.05, 4.69) is 10.3 Å². The summed E-state index contributed by atoms with van der Waals surface area (Å²) in [6.45, 7) is 2.25. The molecule has 3 aromatic carbocycles. The van der Waals surface area contributed by atoms with Crippen LogP contribution in [0.15, 0.2) is 96.2 Å². The third kappa shape index (κ3) is 8.63. The Labute approximate surface area is 276 Å². The summed E-state index contributed by atoms with van der Waals surface area (Å²) >= 11 is 1.33. The maximum atomic E-state index is 12.1. The molecule has 0 spiro atoms. The first-order valence-corrected chi connectivity index (χ1v) is 16.2. The Morgan fingerprint density at radius 2 is 1.60 bits per heavy atom. The predicted octanol–water partition coefficient (Wildman–Crippen LogP) is 6.00. The molecule has 0 saturated carbocycles. The number of hydrogen-bond acceptors (Lipinski definition) is 8. The van der Waals surface area contributed by atoms with E-state index in [1.807, 2.05) is 79.7 Å². The molecule has 1 aromatic heterocycles. The number of nitrogens with zero attached hydrogens (tertiary/aromatic N) is 1. The van der Waals surface area contributed by atoms with Gasteiger partial charge < -0.3 is 30.1 Å². The van der Waals surface area contributed by atoms with Gasteiger partial charge in [-0.15, -0.1) is 11.8 Å². The number of aromatic carboxylic acids is 1. The molecule has 1 aliphatic heterocycles. The van der Waals surface area contributed by atoms with Crippen LogP contribution in [0.1, 0.15) is 64.8 Å². The van der Waals surface area contributed by atoms with Crippen molar-refractivity contribution in [2.45, 2.75) is 56.4 Å². The quantitative estimate of drug-likeness (QED) is 0.126. The van der Waals surface area contributed by atoms with Crippen molar-refractivity contribution in [3.63, 3.8) is 0 Å². The molecule has 1 aliphatic rings. The summed E-state index contributed by atoms with van der Waals surface area (Å²) in [7, 11) is 0. The molecular formula is C36H36N2O8S. The van der Waals surface area contributed by atoms with E-state index in [1.165, 1.54) is 17.8 Å². The monoisotopic (exact) mass is 656 g/mol. The van der Waals surface area contributed by atoms with Crippen molar-refractivity contribution in [1.29, 1.82) is 0 Å². The molecule has 1 saturated heterocycles. The summed E-state index contributed by atoms with van der Waals surface area (Å²) in [5.74, 6) is -2.02. The predicted molar refractivity (Wildman–Crippen MR) is 175 cm³/mol. The van der Waals surface area contributed by atoms with Gasteiger partial charge in [0.25, 0.3) is 0 Å². The van der Waals surface area contributed by atoms with Crippen LogP contribution in [0.25, 0.3) is 11.1 Å². The maximum Gasteiger partial charge on any atom is 0.338 e. The smallest absolute Gasteiger partial charge is 0.338 e. The van der Waals surface area contributed by atoms with Crippen LogP contribution in [0.2, 0.25) is 0 Å². The number of carboxylic acid groups (broad SMARTS) is 2. The van der Waals surface area contributed by atoms with Crippen LogP contribution in [-0.2, 0) is 32.2 Å². The van der Waals surface area contributed by atoms with Gasteiger partial charge in [0, 0.05) is 36.4 Å². The molecule has 244 valence electrons. The minimum atomic E-state index is -1.04. The van der Waals surface area contributed by atoms with Crippen LogP contribution in [0, 0.1) is 5.92 Å². The summed E-state index contributed by atoms with van der Waals surface area (Å²) in [5, 5.41) is 31.2. The van der Waals surface area contributed by atoms with Crippen molar-refractivity contribution >= 4 is 29.6 Å². The number of rotatable bonds is 13. The average Bonchev–Trinajstić information content (AvgIpc) is 3.09. The number of ether oxygens (including phenoxy) is 2. The van der Waals surface area contributed by atoms with Crippen molar-refractivity contribution in [2.75, 3.05) is 5.75 Å². The van der Waals surface area contributed by atoms with Crippen LogP contribution in [-0.4, -0.2) is 50.0 Å². The van der Waals surface area contributed by atoms with Gasteiger partial charge in [-0.2, -0.15) is 0 Å². The lowest BCUT2D eigenvalue weighted by Crippen LogP contribution is -2.38. The molecule has 4 aromatic rings. The molecule has 4 N–H and O–H groups in total. The highest BCUT2D eigenvalue weighted by Crippen LogP contribution is 2.43. The van der Waals surface area contributed by atoms with Gasteiger partial charge in [-0.05, 0) is 39.9 Å². The lowest BCUT2D eigenvalue weighted by molar-refractivity contribution is -0.268. The Kier molecular flexibility index (Phi) is 11.4. The number of aliphatic hydroxyl groups is 1. The van der Waals surface area contributed by atoms with E-state index in [4.69, 9.17) is 14.6 Å². The second-order valence-corrected chi connectivity index (χ2v) is 12.3. The van der Waals surface area contributed by atoms with E-state index < -0.39 is 18.2 Å². The molecule has 47 heavy (non-hydrogen) atoms. The van der Waals surface area contributed by atoms with Crippen molar-refractivity contribution in [3.05, 3.63) is 119 Å². The summed E-state index contributed by atoms with van der Waals surface area (Å²) in [4.78, 5) is 39.0. The highest BCUT2D eigenvalue weighted by Gasteiger charge is 2.38. The average molecular weight is 657 g/mol. The number of carbonyl (C=O) groups is 3. The number of hydrogen-bond donors (Lipinski definition) is 4. The zero-order valence-corrected chi connectivity index (χ0v) is 26.6. The Morgan fingerprint density at radius 3 is 2.30 bits per heavy atom. The molecule has 1 fully saturated rings. The van der Waals surface area contributed by atoms with Crippen molar-refractivity contribution in [1.82, 2.24) is 10.3 Å². The van der Waals surface area contributed by atoms with E-state index >= 15 is 0 Å². The SMILES string of the molecule is CC1C(CSc2ncccc2C(=O)O)OC(c2ccc(-c3ccccc3CNC(=O)CCC(=O)O)cc2)OC1c1ccc(CO)cc1. The highest BCUT2D eigenvalue weighted by atomic mass is 32.2. The van der Waals surface area contributed by atoms with Crippen LogP contribution in [0.3, 0.4) is 0 Å². The van der Waals surface area contributed by atoms with Gasteiger partial charge >= 0.3 is 11.9 Å². The third-order valence-corrected chi connectivity index (χ3v) is 9.16. The minimum absolute atomic E-state index is 0.0606. The van der Waals surface area contributed by atoms with Gasteiger partial charge in [0.05, 0.1) is 30.8 Å². The van der Waals surface area contributed by atoms with E-state index in [-0.39, 0.29) is 55.6 Å². The molecule has 10 nitrogen and oxygen atoms in total. The number of aliphatic carboxylic acids is 1. The first-order chi connectivity index (χ1) is 22.7. The number of carbonyl (C=O) groups excluding carboxylic acids is 1. The largest absolute Gasteiger partial charge is 0.481 e. The lowest BCUT2D eigenvalue weighted by Gasteiger charge is -2.41. The Bertz CT molecular complexity index is 1700. The number of benzene rings is 3. The molecule has 0 radical (unpaired) electrons. The zero-order chi connectivity index (χ0) is 33.3. The summed E-state index contributed by atoms with van der Waals surface area (Å²) in [6, 6.07) is 26.3. The number of nitrogens with one attached hydrogen (secondary N) is 1. The first kappa shape index (κ1) is 33.8. The fraction of sp³-hybridized carbons (Fsp3) is 0.278. The topological polar surface area (TPSA) is 155 Å². The van der Waals surface area contributed by atoms with Crippen molar-refractivity contribution < 1.29 is 39.2 Å². The number of aliphatic hydroxyl groups excluding tert-OH is 1. The molecule has 0 bridgehead atoms.